The molecule has 170 valence electrons. The average Bonchev–Trinajstić information content (AvgIpc) is 3.26. The van der Waals surface area contributed by atoms with Crippen molar-refractivity contribution in [1.82, 2.24) is 15.2 Å². The second-order valence-corrected chi connectivity index (χ2v) is 10.1. The first-order valence-corrected chi connectivity index (χ1v) is 12.7. The molecule has 32 heavy (non-hydrogen) atoms. The van der Waals surface area contributed by atoms with Crippen LogP contribution in [0, 0.1) is 13.8 Å². The number of aryl methyl sites for hydroxylation is 2. The van der Waals surface area contributed by atoms with Crippen molar-refractivity contribution in [3.8, 4) is 5.75 Å². The number of piperazine rings is 1. The molecule has 1 N–H and O–H groups in total. The molecule has 2 aromatic carbocycles. The molecule has 1 aliphatic rings. The van der Waals surface area contributed by atoms with Crippen molar-refractivity contribution in [2.45, 2.75) is 18.7 Å². The van der Waals surface area contributed by atoms with Crippen molar-refractivity contribution in [1.29, 1.82) is 0 Å². The van der Waals surface area contributed by atoms with Gasteiger partial charge in [-0.2, -0.15) is 0 Å². The number of benzene rings is 2. The molecule has 0 aliphatic carbocycles. The minimum atomic E-state index is 0.0907. The van der Waals surface area contributed by atoms with E-state index in [2.05, 4.69) is 59.3 Å². The van der Waals surface area contributed by atoms with Crippen LogP contribution in [0.5, 0.6) is 5.75 Å². The van der Waals surface area contributed by atoms with Gasteiger partial charge in [-0.15, -0.1) is 11.8 Å². The van der Waals surface area contributed by atoms with E-state index in [9.17, 15) is 4.79 Å². The third-order valence-corrected chi connectivity index (χ3v) is 7.96. The van der Waals surface area contributed by atoms with Crippen molar-refractivity contribution in [3.63, 3.8) is 0 Å². The Bertz CT molecular complexity index is 1060. The molecular weight excluding hydrogens is 440 g/mol. The van der Waals surface area contributed by atoms with Crippen LogP contribution in [0.25, 0.3) is 10.2 Å². The maximum Gasteiger partial charge on any atom is 0.230 e. The fraction of sp³-hybridized carbons (Fsp3) is 0.417. The highest BCUT2D eigenvalue weighted by Crippen LogP contribution is 2.36. The van der Waals surface area contributed by atoms with Crippen molar-refractivity contribution >= 4 is 44.4 Å². The summed E-state index contributed by atoms with van der Waals surface area (Å²) in [7, 11) is 1.70. The molecule has 1 aromatic heterocycles. The second-order valence-electron chi connectivity index (χ2n) is 8.04. The van der Waals surface area contributed by atoms with Gasteiger partial charge >= 0.3 is 0 Å². The first-order chi connectivity index (χ1) is 15.5. The number of anilines is 1. The van der Waals surface area contributed by atoms with Gasteiger partial charge in [0.25, 0.3) is 0 Å². The lowest BCUT2D eigenvalue weighted by Gasteiger charge is -2.34. The van der Waals surface area contributed by atoms with Gasteiger partial charge in [-0.1, -0.05) is 35.1 Å². The first-order valence-electron chi connectivity index (χ1n) is 10.9. The molecular formula is C24H30N4O2S2. The summed E-state index contributed by atoms with van der Waals surface area (Å²) in [6, 6.07) is 12.4. The van der Waals surface area contributed by atoms with Crippen molar-refractivity contribution in [2.75, 3.05) is 57.0 Å². The monoisotopic (exact) mass is 470 g/mol. The van der Waals surface area contributed by atoms with Crippen LogP contribution in [0.4, 0.5) is 5.13 Å². The lowest BCUT2D eigenvalue weighted by molar-refractivity contribution is -0.118. The second kappa shape index (κ2) is 10.6. The van der Waals surface area contributed by atoms with Gasteiger partial charge in [0, 0.05) is 44.2 Å². The molecule has 0 unspecified atom stereocenters. The van der Waals surface area contributed by atoms with Gasteiger partial charge in [-0.25, -0.2) is 4.98 Å². The predicted molar refractivity (Wildman–Crippen MR) is 134 cm³/mol. The molecule has 1 aliphatic heterocycles. The quantitative estimate of drug-likeness (QED) is 0.503. The average molecular weight is 471 g/mol. The fourth-order valence-electron chi connectivity index (χ4n) is 3.75. The molecule has 0 radical (unpaired) electrons. The van der Waals surface area contributed by atoms with Crippen LogP contribution in [-0.2, 0) is 4.79 Å². The SMILES string of the molecule is COc1ccc(C)c2sc(N3CCN(CCNC(=O)CSc4ccc(C)cc4)CC3)nc12. The summed E-state index contributed by atoms with van der Waals surface area (Å²) in [5.74, 6) is 1.38. The zero-order valence-corrected chi connectivity index (χ0v) is 20.5. The number of carbonyl (C=O) groups excluding carboxylic acids is 1. The lowest BCUT2D eigenvalue weighted by atomic mass is 10.2. The van der Waals surface area contributed by atoms with E-state index in [1.807, 2.05) is 6.07 Å². The maximum atomic E-state index is 12.2. The topological polar surface area (TPSA) is 57.7 Å². The minimum Gasteiger partial charge on any atom is -0.494 e. The number of aromatic nitrogens is 1. The molecule has 1 amide bonds. The molecule has 0 atom stereocenters. The van der Waals surface area contributed by atoms with Gasteiger partial charge in [0.1, 0.15) is 11.3 Å². The molecule has 0 spiro atoms. The Hall–Kier alpha value is -2.29. The molecule has 1 saturated heterocycles. The number of nitrogens with one attached hydrogen (secondary N) is 1. The molecule has 4 rings (SSSR count). The maximum absolute atomic E-state index is 12.2. The van der Waals surface area contributed by atoms with E-state index in [0.29, 0.717) is 12.3 Å². The lowest BCUT2D eigenvalue weighted by Crippen LogP contribution is -2.48. The van der Waals surface area contributed by atoms with E-state index in [0.717, 1.165) is 54.0 Å². The van der Waals surface area contributed by atoms with Crippen LogP contribution in [0.1, 0.15) is 11.1 Å². The van der Waals surface area contributed by atoms with Crippen molar-refractivity contribution in [3.05, 3.63) is 47.5 Å². The zero-order chi connectivity index (χ0) is 22.5. The molecule has 6 nitrogen and oxygen atoms in total. The number of rotatable bonds is 8. The molecule has 3 aromatic rings. The minimum absolute atomic E-state index is 0.0907. The van der Waals surface area contributed by atoms with E-state index >= 15 is 0 Å². The summed E-state index contributed by atoms with van der Waals surface area (Å²) in [4.78, 5) is 22.9. The Morgan fingerprint density at radius 1 is 1.12 bits per heavy atom. The van der Waals surface area contributed by atoms with E-state index < -0.39 is 0 Å². The van der Waals surface area contributed by atoms with Crippen LogP contribution in [-0.4, -0.2) is 67.9 Å². The number of methoxy groups -OCH3 is 1. The Labute approximate surface area is 198 Å². The van der Waals surface area contributed by atoms with Crippen LogP contribution < -0.4 is 15.0 Å². The molecule has 2 heterocycles. The number of thioether (sulfide) groups is 1. The van der Waals surface area contributed by atoms with E-state index in [1.54, 1.807) is 30.2 Å². The Morgan fingerprint density at radius 2 is 1.88 bits per heavy atom. The Morgan fingerprint density at radius 3 is 2.59 bits per heavy atom. The zero-order valence-electron chi connectivity index (χ0n) is 18.9. The smallest absolute Gasteiger partial charge is 0.230 e. The highest BCUT2D eigenvalue weighted by molar-refractivity contribution is 8.00. The number of hydrogen-bond acceptors (Lipinski definition) is 7. The number of hydrogen-bond donors (Lipinski definition) is 1. The summed E-state index contributed by atoms with van der Waals surface area (Å²) in [6.07, 6.45) is 0. The molecule has 0 bridgehead atoms. The third-order valence-electron chi connectivity index (χ3n) is 5.70. The van der Waals surface area contributed by atoms with Gasteiger partial charge in [-0.05, 0) is 37.6 Å². The van der Waals surface area contributed by atoms with Crippen molar-refractivity contribution < 1.29 is 9.53 Å². The molecule has 0 saturated carbocycles. The van der Waals surface area contributed by atoms with Gasteiger partial charge in [0.2, 0.25) is 5.91 Å². The van der Waals surface area contributed by atoms with Crippen LogP contribution in [0.2, 0.25) is 0 Å². The van der Waals surface area contributed by atoms with Gasteiger partial charge in [-0.3, -0.25) is 9.69 Å². The molecule has 1 fully saturated rings. The van der Waals surface area contributed by atoms with Crippen LogP contribution in [0.15, 0.2) is 41.3 Å². The van der Waals surface area contributed by atoms with Crippen molar-refractivity contribution in [2.24, 2.45) is 0 Å². The molecule has 8 heteroatoms. The number of fused-ring (bicyclic) bond motifs is 1. The van der Waals surface area contributed by atoms with E-state index in [4.69, 9.17) is 9.72 Å². The Kier molecular flexibility index (Phi) is 7.55. The number of thiazole rings is 1. The summed E-state index contributed by atoms with van der Waals surface area (Å²) >= 11 is 3.32. The van der Waals surface area contributed by atoms with E-state index in [-0.39, 0.29) is 5.91 Å². The van der Waals surface area contributed by atoms with Crippen LogP contribution >= 0.6 is 23.1 Å². The Balaban J connectivity index is 1.20. The normalized spacial score (nSPS) is 14.7. The fourth-order valence-corrected chi connectivity index (χ4v) is 5.58. The standard InChI is InChI=1S/C24H30N4O2S2/c1-17-4-7-19(8-5-17)31-16-21(29)25-10-11-27-12-14-28(15-13-27)24-26-22-20(30-3)9-6-18(2)23(22)32-24/h4-9H,10-16H2,1-3H3,(H,25,29). The summed E-state index contributed by atoms with van der Waals surface area (Å²) < 4.78 is 6.69. The first kappa shape index (κ1) is 22.9. The van der Waals surface area contributed by atoms with Gasteiger partial charge < -0.3 is 15.0 Å². The predicted octanol–water partition coefficient (Wildman–Crippen LogP) is 3.95. The van der Waals surface area contributed by atoms with Gasteiger partial charge in [0.05, 0.1) is 17.6 Å². The summed E-state index contributed by atoms with van der Waals surface area (Å²) in [5.41, 5.74) is 3.43. The highest BCUT2D eigenvalue weighted by atomic mass is 32.2. The number of nitrogens with zero attached hydrogens (tertiary/aromatic N) is 3. The summed E-state index contributed by atoms with van der Waals surface area (Å²) in [6.45, 7) is 9.58. The van der Waals surface area contributed by atoms with Crippen LogP contribution in [0.3, 0.4) is 0 Å². The highest BCUT2D eigenvalue weighted by Gasteiger charge is 2.21. The number of ether oxygens (including phenoxy) is 1. The number of carbonyl (C=O) groups is 1. The third kappa shape index (κ3) is 5.54. The van der Waals surface area contributed by atoms with E-state index in [1.165, 1.54) is 15.8 Å². The van der Waals surface area contributed by atoms with Gasteiger partial charge in [0.15, 0.2) is 5.13 Å². The largest absolute Gasteiger partial charge is 0.494 e. The number of amides is 1. The summed E-state index contributed by atoms with van der Waals surface area (Å²) in [5, 5.41) is 4.12.